The van der Waals surface area contributed by atoms with Gasteiger partial charge in [-0.25, -0.2) is 9.97 Å². The molecule has 2 N–H and O–H groups in total. The van der Waals surface area contributed by atoms with Crippen molar-refractivity contribution in [3.63, 3.8) is 0 Å². The third-order valence-corrected chi connectivity index (χ3v) is 4.03. The number of nitrogens with zero attached hydrogens (tertiary/aromatic N) is 2. The van der Waals surface area contributed by atoms with E-state index in [0.717, 1.165) is 30.4 Å². The molecule has 1 aromatic carbocycles. The third-order valence-electron chi connectivity index (χ3n) is 4.03. The summed E-state index contributed by atoms with van der Waals surface area (Å²) in [5.74, 6) is 0.675. The van der Waals surface area contributed by atoms with Crippen LogP contribution in [0.15, 0.2) is 36.7 Å². The Morgan fingerprint density at radius 3 is 2.24 bits per heavy atom. The number of rotatable bonds is 8. The van der Waals surface area contributed by atoms with E-state index in [2.05, 4.69) is 58.7 Å². The van der Waals surface area contributed by atoms with E-state index < -0.39 is 0 Å². The lowest BCUT2D eigenvalue weighted by molar-refractivity contribution is -0.119. The highest BCUT2D eigenvalue weighted by Gasteiger charge is 2.07. The molecule has 0 aliphatic carbocycles. The number of aromatic nitrogens is 2. The van der Waals surface area contributed by atoms with Crippen molar-refractivity contribution in [1.82, 2.24) is 15.3 Å². The quantitative estimate of drug-likeness (QED) is 0.767. The Bertz CT molecular complexity index is 667. The first-order valence-corrected chi connectivity index (χ1v) is 8.93. The first-order valence-electron chi connectivity index (χ1n) is 8.93. The van der Waals surface area contributed by atoms with Gasteiger partial charge in [0.15, 0.2) is 0 Å². The van der Waals surface area contributed by atoms with Crippen LogP contribution in [0.4, 0.5) is 5.95 Å². The molecule has 0 fully saturated rings. The molecule has 5 nitrogen and oxygen atoms in total. The molecule has 25 heavy (non-hydrogen) atoms. The molecule has 0 radical (unpaired) electrons. The van der Waals surface area contributed by atoms with Crippen LogP contribution in [0.1, 0.15) is 46.1 Å². The Morgan fingerprint density at radius 1 is 1.04 bits per heavy atom. The van der Waals surface area contributed by atoms with Crippen molar-refractivity contribution in [2.24, 2.45) is 0 Å². The topological polar surface area (TPSA) is 66.9 Å². The molecule has 134 valence electrons. The molecule has 0 saturated carbocycles. The SMILES string of the molecule is CCCC(C)Nc1ncc(-c2ccc(CC(C)NC(C)=O)cc2)cn1. The van der Waals surface area contributed by atoms with Crippen LogP contribution in [0.2, 0.25) is 0 Å². The van der Waals surface area contributed by atoms with Gasteiger partial charge in [0, 0.05) is 37.0 Å². The van der Waals surface area contributed by atoms with Crippen molar-refractivity contribution in [3.05, 3.63) is 42.2 Å². The van der Waals surface area contributed by atoms with Crippen molar-refractivity contribution in [2.45, 2.75) is 59.0 Å². The Morgan fingerprint density at radius 2 is 1.68 bits per heavy atom. The normalized spacial score (nSPS) is 13.1. The maximum absolute atomic E-state index is 11.1. The zero-order chi connectivity index (χ0) is 18.2. The van der Waals surface area contributed by atoms with Crippen LogP contribution in [-0.4, -0.2) is 28.0 Å². The minimum Gasteiger partial charge on any atom is -0.354 e. The van der Waals surface area contributed by atoms with Gasteiger partial charge < -0.3 is 10.6 Å². The summed E-state index contributed by atoms with van der Waals surface area (Å²) in [4.78, 5) is 19.9. The summed E-state index contributed by atoms with van der Waals surface area (Å²) in [6, 6.07) is 8.82. The van der Waals surface area contributed by atoms with Gasteiger partial charge in [-0.15, -0.1) is 0 Å². The fraction of sp³-hybridized carbons (Fsp3) is 0.450. The molecule has 2 aromatic rings. The maximum Gasteiger partial charge on any atom is 0.222 e. The van der Waals surface area contributed by atoms with Crippen molar-refractivity contribution in [2.75, 3.05) is 5.32 Å². The van der Waals surface area contributed by atoms with Gasteiger partial charge in [0.1, 0.15) is 0 Å². The van der Waals surface area contributed by atoms with E-state index in [0.29, 0.717) is 12.0 Å². The third kappa shape index (κ3) is 6.18. The molecule has 5 heteroatoms. The Kier molecular flexibility index (Phi) is 6.92. The van der Waals surface area contributed by atoms with Crippen LogP contribution in [-0.2, 0) is 11.2 Å². The van der Waals surface area contributed by atoms with E-state index in [-0.39, 0.29) is 11.9 Å². The van der Waals surface area contributed by atoms with E-state index in [1.807, 2.05) is 19.3 Å². The fourth-order valence-electron chi connectivity index (χ4n) is 2.86. The monoisotopic (exact) mass is 340 g/mol. The highest BCUT2D eigenvalue weighted by molar-refractivity contribution is 5.73. The van der Waals surface area contributed by atoms with Gasteiger partial charge in [-0.1, -0.05) is 37.6 Å². The highest BCUT2D eigenvalue weighted by atomic mass is 16.1. The second-order valence-corrected chi connectivity index (χ2v) is 6.63. The Hall–Kier alpha value is -2.43. The second kappa shape index (κ2) is 9.16. The van der Waals surface area contributed by atoms with Crippen molar-refractivity contribution in [3.8, 4) is 11.1 Å². The minimum absolute atomic E-state index is 0.00298. The molecule has 0 aliphatic heterocycles. The van der Waals surface area contributed by atoms with E-state index in [1.54, 1.807) is 6.92 Å². The summed E-state index contributed by atoms with van der Waals surface area (Å²) in [6.45, 7) is 7.86. The standard InChI is InChI=1S/C20H28N4O/c1-5-6-14(2)24-20-21-12-19(13-22-20)18-9-7-17(8-10-18)11-15(3)23-16(4)25/h7-10,12-15H,5-6,11H2,1-4H3,(H,23,25)(H,21,22,24). The molecule has 1 amide bonds. The molecule has 0 spiro atoms. The smallest absolute Gasteiger partial charge is 0.222 e. The lowest BCUT2D eigenvalue weighted by Crippen LogP contribution is -2.31. The van der Waals surface area contributed by atoms with Gasteiger partial charge in [0.2, 0.25) is 11.9 Å². The number of anilines is 1. The fourth-order valence-corrected chi connectivity index (χ4v) is 2.86. The highest BCUT2D eigenvalue weighted by Crippen LogP contribution is 2.19. The molecule has 0 bridgehead atoms. The summed E-state index contributed by atoms with van der Waals surface area (Å²) >= 11 is 0. The minimum atomic E-state index is 0.00298. The van der Waals surface area contributed by atoms with E-state index in [4.69, 9.17) is 0 Å². The van der Waals surface area contributed by atoms with Crippen LogP contribution in [0, 0.1) is 0 Å². The van der Waals surface area contributed by atoms with Gasteiger partial charge in [-0.05, 0) is 37.8 Å². The van der Waals surface area contributed by atoms with E-state index in [1.165, 1.54) is 5.56 Å². The van der Waals surface area contributed by atoms with E-state index in [9.17, 15) is 4.79 Å². The lowest BCUT2D eigenvalue weighted by atomic mass is 10.0. The number of hydrogen-bond donors (Lipinski definition) is 2. The second-order valence-electron chi connectivity index (χ2n) is 6.63. The largest absolute Gasteiger partial charge is 0.354 e. The van der Waals surface area contributed by atoms with Gasteiger partial charge in [0.05, 0.1) is 0 Å². The molecule has 0 aliphatic rings. The molecule has 2 unspecified atom stereocenters. The average Bonchev–Trinajstić information content (AvgIpc) is 2.56. The molecule has 2 atom stereocenters. The van der Waals surface area contributed by atoms with E-state index >= 15 is 0 Å². The Balaban J connectivity index is 1.98. The van der Waals surface area contributed by atoms with Gasteiger partial charge >= 0.3 is 0 Å². The van der Waals surface area contributed by atoms with Crippen LogP contribution in [0.3, 0.4) is 0 Å². The summed E-state index contributed by atoms with van der Waals surface area (Å²) in [5.41, 5.74) is 3.27. The Labute approximate surface area is 150 Å². The lowest BCUT2D eigenvalue weighted by Gasteiger charge is -2.13. The van der Waals surface area contributed by atoms with Crippen molar-refractivity contribution < 1.29 is 4.79 Å². The van der Waals surface area contributed by atoms with Gasteiger partial charge in [-0.2, -0.15) is 0 Å². The number of carbonyl (C=O) groups excluding carboxylic acids is 1. The molecule has 2 rings (SSSR count). The zero-order valence-electron chi connectivity index (χ0n) is 15.5. The number of hydrogen-bond acceptors (Lipinski definition) is 4. The average molecular weight is 340 g/mol. The first-order chi connectivity index (χ1) is 12.0. The molecular weight excluding hydrogens is 312 g/mol. The van der Waals surface area contributed by atoms with Crippen molar-refractivity contribution >= 4 is 11.9 Å². The predicted molar refractivity (Wildman–Crippen MR) is 102 cm³/mol. The summed E-state index contributed by atoms with van der Waals surface area (Å²) in [5, 5.41) is 6.21. The molecule has 1 aromatic heterocycles. The summed E-state index contributed by atoms with van der Waals surface area (Å²) < 4.78 is 0. The van der Waals surface area contributed by atoms with Gasteiger partial charge in [-0.3, -0.25) is 4.79 Å². The number of nitrogens with one attached hydrogen (secondary N) is 2. The van der Waals surface area contributed by atoms with Crippen LogP contribution in [0.25, 0.3) is 11.1 Å². The van der Waals surface area contributed by atoms with Crippen LogP contribution < -0.4 is 10.6 Å². The number of carbonyl (C=O) groups is 1. The zero-order valence-corrected chi connectivity index (χ0v) is 15.5. The molecule has 1 heterocycles. The van der Waals surface area contributed by atoms with Gasteiger partial charge in [0.25, 0.3) is 0 Å². The van der Waals surface area contributed by atoms with Crippen LogP contribution >= 0.6 is 0 Å². The molecular formula is C20H28N4O. The molecule has 0 saturated heterocycles. The summed E-state index contributed by atoms with van der Waals surface area (Å²) in [6.07, 6.45) is 6.75. The van der Waals surface area contributed by atoms with Crippen molar-refractivity contribution in [1.29, 1.82) is 0 Å². The van der Waals surface area contributed by atoms with Crippen LogP contribution in [0.5, 0.6) is 0 Å². The maximum atomic E-state index is 11.1. The summed E-state index contributed by atoms with van der Waals surface area (Å²) in [7, 11) is 0. The number of amides is 1. The first kappa shape index (κ1) is 18.9. The predicted octanol–water partition coefficient (Wildman–Crippen LogP) is 3.81. The number of benzene rings is 1.